The molecule has 0 bridgehead atoms. The molecule has 1 aliphatic heterocycles. The number of amides is 1. The van der Waals surface area contributed by atoms with Crippen molar-refractivity contribution in [2.24, 2.45) is 0 Å². The summed E-state index contributed by atoms with van der Waals surface area (Å²) in [5, 5.41) is 3.75. The van der Waals surface area contributed by atoms with Gasteiger partial charge in [-0.3, -0.25) is 9.20 Å². The lowest BCUT2D eigenvalue weighted by Crippen LogP contribution is -2.13. The zero-order valence-corrected chi connectivity index (χ0v) is 16.0. The number of rotatable bonds is 3. The SMILES string of the molecule is CSc1nccn2c(C3C=C4CC(=O)NC4=CC3)c(-c3ccc(F)cc3)nc12. The summed E-state index contributed by atoms with van der Waals surface area (Å²) in [4.78, 5) is 21.1. The maximum atomic E-state index is 13.5. The van der Waals surface area contributed by atoms with E-state index in [1.54, 1.807) is 30.1 Å². The van der Waals surface area contributed by atoms with E-state index in [0.717, 1.165) is 45.3 Å². The summed E-state index contributed by atoms with van der Waals surface area (Å²) in [5.74, 6) is -0.175. The maximum absolute atomic E-state index is 13.5. The van der Waals surface area contributed by atoms with Crippen LogP contribution in [0.2, 0.25) is 0 Å². The molecule has 0 spiro atoms. The molecule has 1 atom stereocenters. The zero-order valence-electron chi connectivity index (χ0n) is 15.1. The molecule has 1 unspecified atom stereocenters. The van der Waals surface area contributed by atoms with Crippen LogP contribution in [0.5, 0.6) is 0 Å². The Morgan fingerprint density at radius 2 is 2.11 bits per heavy atom. The molecule has 5 nitrogen and oxygen atoms in total. The number of aromatic nitrogens is 3. The number of thioether (sulfide) groups is 1. The Bertz CT molecular complexity index is 1160. The molecular weight excluding hydrogens is 375 g/mol. The van der Waals surface area contributed by atoms with Crippen molar-refractivity contribution in [2.45, 2.75) is 23.8 Å². The lowest BCUT2D eigenvalue weighted by molar-refractivity contribution is -0.118. The highest BCUT2D eigenvalue weighted by Crippen LogP contribution is 2.39. The van der Waals surface area contributed by atoms with Crippen LogP contribution in [-0.4, -0.2) is 26.5 Å². The minimum atomic E-state index is -0.275. The van der Waals surface area contributed by atoms with E-state index in [9.17, 15) is 9.18 Å². The second-order valence-electron chi connectivity index (χ2n) is 6.86. The smallest absolute Gasteiger partial charge is 0.228 e. The van der Waals surface area contributed by atoms with E-state index in [1.807, 2.05) is 12.5 Å². The summed E-state index contributed by atoms with van der Waals surface area (Å²) in [6.07, 6.45) is 11.1. The lowest BCUT2D eigenvalue weighted by atomic mass is 9.89. The Morgan fingerprint density at radius 3 is 2.89 bits per heavy atom. The first kappa shape index (κ1) is 17.2. The molecule has 3 aromatic rings. The molecule has 0 saturated carbocycles. The number of hydrogen-bond donors (Lipinski definition) is 1. The van der Waals surface area contributed by atoms with Gasteiger partial charge in [-0.1, -0.05) is 12.2 Å². The molecule has 2 aromatic heterocycles. The highest BCUT2D eigenvalue weighted by atomic mass is 32.2. The molecule has 1 N–H and O–H groups in total. The van der Waals surface area contributed by atoms with Crippen molar-refractivity contribution in [1.29, 1.82) is 0 Å². The number of carbonyl (C=O) groups excluding carboxylic acids is 1. The van der Waals surface area contributed by atoms with Gasteiger partial charge in [0.15, 0.2) is 5.65 Å². The van der Waals surface area contributed by atoms with Crippen LogP contribution in [0.4, 0.5) is 4.39 Å². The van der Waals surface area contributed by atoms with Gasteiger partial charge in [-0.15, -0.1) is 11.8 Å². The molecule has 140 valence electrons. The number of benzene rings is 1. The van der Waals surface area contributed by atoms with Crippen molar-refractivity contribution in [1.82, 2.24) is 19.7 Å². The van der Waals surface area contributed by atoms with E-state index in [2.05, 4.69) is 26.9 Å². The second kappa shape index (κ2) is 6.60. The first-order chi connectivity index (χ1) is 13.6. The van der Waals surface area contributed by atoms with Gasteiger partial charge < -0.3 is 5.32 Å². The van der Waals surface area contributed by atoms with Crippen molar-refractivity contribution in [3.63, 3.8) is 0 Å². The normalized spacial score (nSPS) is 18.6. The Hall–Kier alpha value is -2.93. The molecule has 28 heavy (non-hydrogen) atoms. The van der Waals surface area contributed by atoms with Crippen LogP contribution in [0.3, 0.4) is 0 Å². The fourth-order valence-electron chi connectivity index (χ4n) is 3.91. The van der Waals surface area contributed by atoms with Crippen LogP contribution >= 0.6 is 11.8 Å². The van der Waals surface area contributed by atoms with Gasteiger partial charge in [0.1, 0.15) is 10.8 Å². The number of nitrogens with zero attached hydrogens (tertiary/aromatic N) is 3. The van der Waals surface area contributed by atoms with Gasteiger partial charge in [-0.2, -0.15) is 0 Å². The van der Waals surface area contributed by atoms with Gasteiger partial charge in [-0.05, 0) is 42.5 Å². The van der Waals surface area contributed by atoms with Crippen molar-refractivity contribution >= 4 is 23.3 Å². The average Bonchev–Trinajstić information content (AvgIpc) is 3.27. The van der Waals surface area contributed by atoms with Crippen molar-refractivity contribution in [2.75, 3.05) is 6.26 Å². The van der Waals surface area contributed by atoms with Crippen LogP contribution in [0.15, 0.2) is 65.1 Å². The Balaban J connectivity index is 1.72. The quantitative estimate of drug-likeness (QED) is 0.683. The van der Waals surface area contributed by atoms with E-state index >= 15 is 0 Å². The summed E-state index contributed by atoms with van der Waals surface area (Å²) in [7, 11) is 0. The average molecular weight is 392 g/mol. The number of halogens is 1. The van der Waals surface area contributed by atoms with Crippen LogP contribution in [0, 0.1) is 5.82 Å². The third-order valence-electron chi connectivity index (χ3n) is 5.16. The molecule has 2 aliphatic rings. The molecule has 0 radical (unpaired) electrons. The van der Waals surface area contributed by atoms with Gasteiger partial charge in [0.05, 0.1) is 17.8 Å². The lowest BCUT2D eigenvalue weighted by Gasteiger charge is -2.19. The highest BCUT2D eigenvalue weighted by molar-refractivity contribution is 7.98. The topological polar surface area (TPSA) is 59.3 Å². The fourth-order valence-corrected chi connectivity index (χ4v) is 4.40. The summed E-state index contributed by atoms with van der Waals surface area (Å²) in [6.45, 7) is 0. The summed E-state index contributed by atoms with van der Waals surface area (Å²) >= 11 is 1.54. The van der Waals surface area contributed by atoms with E-state index < -0.39 is 0 Å². The van der Waals surface area contributed by atoms with Gasteiger partial charge in [0, 0.05) is 29.6 Å². The van der Waals surface area contributed by atoms with E-state index in [0.29, 0.717) is 6.42 Å². The van der Waals surface area contributed by atoms with Gasteiger partial charge in [0.2, 0.25) is 5.91 Å². The standard InChI is InChI=1S/C21H17FN4OS/c1-28-21-20-25-18(12-2-5-15(22)6-3-12)19(26(20)9-8-23-21)13-4-7-16-14(10-13)11-17(27)24-16/h2-3,5-10,13H,4,11H2,1H3,(H,24,27). The summed E-state index contributed by atoms with van der Waals surface area (Å²) in [5.41, 5.74) is 5.45. The van der Waals surface area contributed by atoms with Crippen molar-refractivity contribution in [3.05, 3.63) is 71.6 Å². The number of nitrogens with one attached hydrogen (secondary N) is 1. The minimum Gasteiger partial charge on any atom is -0.326 e. The van der Waals surface area contributed by atoms with Crippen LogP contribution in [0.1, 0.15) is 24.5 Å². The fraction of sp³-hybridized carbons (Fsp3) is 0.190. The third-order valence-corrected chi connectivity index (χ3v) is 5.83. The van der Waals surface area contributed by atoms with Gasteiger partial charge in [-0.25, -0.2) is 14.4 Å². The molecule has 1 saturated heterocycles. The van der Waals surface area contributed by atoms with Crippen LogP contribution in [0.25, 0.3) is 16.9 Å². The predicted octanol–water partition coefficient (Wildman–Crippen LogP) is 4.07. The first-order valence-electron chi connectivity index (χ1n) is 9.02. The number of imidazole rings is 1. The third kappa shape index (κ3) is 2.74. The number of fused-ring (bicyclic) bond motifs is 2. The molecule has 1 aliphatic carbocycles. The van der Waals surface area contributed by atoms with E-state index in [4.69, 9.17) is 4.98 Å². The number of hydrogen-bond acceptors (Lipinski definition) is 4. The molecule has 1 fully saturated rings. The van der Waals surface area contributed by atoms with E-state index in [1.165, 1.54) is 12.1 Å². The van der Waals surface area contributed by atoms with Crippen LogP contribution < -0.4 is 5.32 Å². The molecular formula is C21H17FN4OS. The molecule has 3 heterocycles. The molecule has 1 aromatic carbocycles. The molecule has 7 heteroatoms. The first-order valence-corrected chi connectivity index (χ1v) is 10.2. The molecule has 5 rings (SSSR count). The number of allylic oxidation sites excluding steroid dienone is 3. The van der Waals surface area contributed by atoms with E-state index in [-0.39, 0.29) is 17.6 Å². The van der Waals surface area contributed by atoms with Crippen molar-refractivity contribution < 1.29 is 9.18 Å². The second-order valence-corrected chi connectivity index (χ2v) is 7.65. The Morgan fingerprint density at radius 1 is 1.29 bits per heavy atom. The highest BCUT2D eigenvalue weighted by Gasteiger charge is 2.29. The Kier molecular flexibility index (Phi) is 4.05. The number of carbonyl (C=O) groups is 1. The van der Waals surface area contributed by atoms with Crippen LogP contribution in [-0.2, 0) is 4.79 Å². The zero-order chi connectivity index (χ0) is 19.3. The summed E-state index contributed by atoms with van der Waals surface area (Å²) in [6, 6.07) is 6.41. The minimum absolute atomic E-state index is 0.0314. The Labute approximate surface area is 165 Å². The molecule has 1 amide bonds. The van der Waals surface area contributed by atoms with Crippen molar-refractivity contribution in [3.8, 4) is 11.3 Å². The summed E-state index contributed by atoms with van der Waals surface area (Å²) < 4.78 is 15.5. The maximum Gasteiger partial charge on any atom is 0.228 e. The largest absolute Gasteiger partial charge is 0.326 e. The monoisotopic (exact) mass is 392 g/mol. The predicted molar refractivity (Wildman–Crippen MR) is 106 cm³/mol. The van der Waals surface area contributed by atoms with Gasteiger partial charge in [0.25, 0.3) is 0 Å². The van der Waals surface area contributed by atoms with Gasteiger partial charge >= 0.3 is 0 Å².